The predicted octanol–water partition coefficient (Wildman–Crippen LogP) is 3.02. The topological polar surface area (TPSA) is 56.8 Å². The molecule has 1 aliphatic heterocycles. The van der Waals surface area contributed by atoms with Crippen LogP contribution < -0.4 is 14.8 Å². The molecule has 0 saturated heterocycles. The van der Waals surface area contributed by atoms with Gasteiger partial charge < -0.3 is 19.5 Å². The monoisotopic (exact) mass is 341 g/mol. The Morgan fingerprint density at radius 1 is 1.24 bits per heavy atom. The second-order valence-corrected chi connectivity index (χ2v) is 5.84. The quantitative estimate of drug-likeness (QED) is 0.877. The Balaban J connectivity index is 1.68. The van der Waals surface area contributed by atoms with E-state index in [9.17, 15) is 4.79 Å². The van der Waals surface area contributed by atoms with E-state index < -0.39 is 6.10 Å². The van der Waals surface area contributed by atoms with E-state index in [-0.39, 0.29) is 5.91 Å². The van der Waals surface area contributed by atoms with Crippen LogP contribution in [-0.2, 0) is 22.5 Å². The zero-order valence-electron chi connectivity index (χ0n) is 14.6. The van der Waals surface area contributed by atoms with E-state index in [1.807, 2.05) is 43.3 Å². The van der Waals surface area contributed by atoms with Gasteiger partial charge in [0.25, 0.3) is 5.91 Å². The van der Waals surface area contributed by atoms with Crippen LogP contribution in [0.25, 0.3) is 0 Å². The van der Waals surface area contributed by atoms with Crippen LogP contribution in [0.1, 0.15) is 29.7 Å². The Morgan fingerprint density at radius 3 is 2.88 bits per heavy atom. The number of hydrogen-bond acceptors (Lipinski definition) is 4. The van der Waals surface area contributed by atoms with Crippen molar-refractivity contribution in [1.29, 1.82) is 0 Å². The highest BCUT2D eigenvalue weighted by atomic mass is 16.5. The first kappa shape index (κ1) is 17.3. The second kappa shape index (κ2) is 8.03. The predicted molar refractivity (Wildman–Crippen MR) is 94.8 cm³/mol. The summed E-state index contributed by atoms with van der Waals surface area (Å²) in [6.07, 6.45) is 0.297. The number of hydrogen-bond donors (Lipinski definition) is 1. The zero-order chi connectivity index (χ0) is 17.6. The first-order valence-electron chi connectivity index (χ1n) is 8.49. The van der Waals surface area contributed by atoms with Gasteiger partial charge in [-0.05, 0) is 42.2 Å². The average Bonchev–Trinajstić information content (AvgIpc) is 2.66. The molecule has 1 aliphatic rings. The summed E-state index contributed by atoms with van der Waals surface area (Å²) in [5.74, 6) is 1.23. The molecule has 3 rings (SSSR count). The van der Waals surface area contributed by atoms with Crippen molar-refractivity contribution in [2.75, 3.05) is 20.3 Å². The number of methoxy groups -OCH3 is 1. The lowest BCUT2D eigenvalue weighted by molar-refractivity contribution is -0.134. The molecule has 1 atom stereocenters. The van der Waals surface area contributed by atoms with Crippen LogP contribution in [0, 0.1) is 0 Å². The van der Waals surface area contributed by atoms with Gasteiger partial charge in [0.15, 0.2) is 17.6 Å². The van der Waals surface area contributed by atoms with E-state index in [0.29, 0.717) is 31.3 Å². The fourth-order valence-electron chi connectivity index (χ4n) is 2.99. The van der Waals surface area contributed by atoms with E-state index in [1.165, 1.54) is 5.56 Å². The lowest BCUT2D eigenvalue weighted by Gasteiger charge is -2.25. The van der Waals surface area contributed by atoms with Gasteiger partial charge >= 0.3 is 0 Å². The summed E-state index contributed by atoms with van der Waals surface area (Å²) in [4.78, 5) is 12.6. The van der Waals surface area contributed by atoms with Crippen molar-refractivity contribution in [3.8, 4) is 11.5 Å². The summed E-state index contributed by atoms with van der Waals surface area (Å²) in [5.41, 5.74) is 3.08. The number of benzene rings is 2. The molecule has 0 bridgehead atoms. The molecule has 0 fully saturated rings. The largest absolute Gasteiger partial charge is 0.493 e. The van der Waals surface area contributed by atoms with Gasteiger partial charge in [-0.1, -0.05) is 30.3 Å². The smallest absolute Gasteiger partial charge is 0.254 e. The van der Waals surface area contributed by atoms with Crippen molar-refractivity contribution >= 4 is 5.91 Å². The summed E-state index contributed by atoms with van der Waals surface area (Å²) in [6.45, 7) is 3.45. The average molecular weight is 341 g/mol. The van der Waals surface area contributed by atoms with Crippen LogP contribution >= 0.6 is 0 Å². The fourth-order valence-corrected chi connectivity index (χ4v) is 2.99. The summed E-state index contributed by atoms with van der Waals surface area (Å²) in [6, 6.07) is 13.6. The molecule has 1 N–H and O–H groups in total. The normalized spacial score (nSPS) is 16.0. The summed E-state index contributed by atoms with van der Waals surface area (Å²) in [5, 5.41) is 2.96. The third kappa shape index (κ3) is 3.94. The lowest BCUT2D eigenvalue weighted by atomic mass is 9.97. The highest BCUT2D eigenvalue weighted by molar-refractivity contribution is 5.82. The molecule has 0 saturated carbocycles. The van der Waals surface area contributed by atoms with Gasteiger partial charge in [-0.2, -0.15) is 0 Å². The summed E-state index contributed by atoms with van der Waals surface area (Å²) < 4.78 is 16.6. The second-order valence-electron chi connectivity index (χ2n) is 5.84. The maximum absolute atomic E-state index is 12.6. The Morgan fingerprint density at radius 2 is 2.08 bits per heavy atom. The number of ether oxygens (including phenoxy) is 3. The molecule has 0 aromatic heterocycles. The number of nitrogens with one attached hydrogen (secondary N) is 1. The number of fused-ring (bicyclic) bond motifs is 1. The standard InChI is InChI=1S/C20H23NO4/c1-3-24-18-12-14(8-9-17(18)23-2)13-21-20(22)19-16-7-5-4-6-15(16)10-11-25-19/h4-9,12,19H,3,10-11,13H2,1-2H3,(H,21,22)/t19-/m1/s1. The number of amides is 1. The maximum atomic E-state index is 12.6. The number of carbonyl (C=O) groups excluding carboxylic acids is 1. The minimum absolute atomic E-state index is 0.124. The van der Waals surface area contributed by atoms with Crippen LogP contribution in [0.3, 0.4) is 0 Å². The molecule has 2 aromatic rings. The Hall–Kier alpha value is -2.53. The van der Waals surface area contributed by atoms with E-state index in [0.717, 1.165) is 17.5 Å². The van der Waals surface area contributed by atoms with Gasteiger partial charge in [0.2, 0.25) is 0 Å². The first-order chi connectivity index (χ1) is 12.2. The number of rotatable bonds is 6. The SMILES string of the molecule is CCOc1cc(CNC(=O)[C@@H]2OCCc3ccccc32)ccc1OC. The molecule has 0 unspecified atom stereocenters. The van der Waals surface area contributed by atoms with Crippen LogP contribution in [0.5, 0.6) is 11.5 Å². The van der Waals surface area contributed by atoms with E-state index >= 15 is 0 Å². The van der Waals surface area contributed by atoms with Crippen LogP contribution in [0.15, 0.2) is 42.5 Å². The van der Waals surface area contributed by atoms with E-state index in [2.05, 4.69) is 11.4 Å². The Bertz CT molecular complexity index is 744. The number of carbonyl (C=O) groups is 1. The maximum Gasteiger partial charge on any atom is 0.254 e. The van der Waals surface area contributed by atoms with Crippen molar-refractivity contribution < 1.29 is 19.0 Å². The molecule has 5 nitrogen and oxygen atoms in total. The molecule has 0 aliphatic carbocycles. The molecule has 25 heavy (non-hydrogen) atoms. The van der Waals surface area contributed by atoms with Gasteiger partial charge in [0.1, 0.15) is 0 Å². The van der Waals surface area contributed by atoms with Crippen molar-refractivity contribution in [2.45, 2.75) is 26.0 Å². The highest BCUT2D eigenvalue weighted by Crippen LogP contribution is 2.29. The van der Waals surface area contributed by atoms with Gasteiger partial charge in [-0.15, -0.1) is 0 Å². The minimum Gasteiger partial charge on any atom is -0.493 e. The molecule has 132 valence electrons. The summed E-state index contributed by atoms with van der Waals surface area (Å²) in [7, 11) is 1.61. The first-order valence-corrected chi connectivity index (χ1v) is 8.49. The Kier molecular flexibility index (Phi) is 5.56. The minimum atomic E-state index is -0.547. The Labute approximate surface area is 147 Å². The zero-order valence-corrected chi connectivity index (χ0v) is 14.6. The van der Waals surface area contributed by atoms with Crippen LogP contribution in [-0.4, -0.2) is 26.2 Å². The van der Waals surface area contributed by atoms with E-state index in [1.54, 1.807) is 7.11 Å². The molecule has 2 aromatic carbocycles. The van der Waals surface area contributed by atoms with E-state index in [4.69, 9.17) is 14.2 Å². The molecule has 0 radical (unpaired) electrons. The van der Waals surface area contributed by atoms with Crippen molar-refractivity contribution in [3.05, 3.63) is 59.2 Å². The molecule has 5 heteroatoms. The van der Waals surface area contributed by atoms with Crippen molar-refractivity contribution in [1.82, 2.24) is 5.32 Å². The molecular weight excluding hydrogens is 318 g/mol. The fraction of sp³-hybridized carbons (Fsp3) is 0.350. The highest BCUT2D eigenvalue weighted by Gasteiger charge is 2.26. The molecule has 1 heterocycles. The molecular formula is C20H23NO4. The lowest BCUT2D eigenvalue weighted by Crippen LogP contribution is -2.33. The van der Waals surface area contributed by atoms with Crippen LogP contribution in [0.4, 0.5) is 0 Å². The van der Waals surface area contributed by atoms with Gasteiger partial charge in [-0.25, -0.2) is 0 Å². The van der Waals surface area contributed by atoms with Crippen molar-refractivity contribution in [3.63, 3.8) is 0 Å². The van der Waals surface area contributed by atoms with Crippen LogP contribution in [0.2, 0.25) is 0 Å². The van der Waals surface area contributed by atoms with Crippen molar-refractivity contribution in [2.24, 2.45) is 0 Å². The van der Waals surface area contributed by atoms with Gasteiger partial charge in [0, 0.05) is 6.54 Å². The molecule has 1 amide bonds. The van der Waals surface area contributed by atoms with Gasteiger partial charge in [0.05, 0.1) is 20.3 Å². The summed E-state index contributed by atoms with van der Waals surface area (Å²) >= 11 is 0. The third-order valence-corrected chi connectivity index (χ3v) is 4.23. The molecule has 0 spiro atoms. The third-order valence-electron chi connectivity index (χ3n) is 4.23. The van der Waals surface area contributed by atoms with Gasteiger partial charge in [-0.3, -0.25) is 4.79 Å².